The maximum atomic E-state index is 11.4. The number of nitrogens with one attached hydrogen (secondary N) is 1. The highest BCUT2D eigenvalue weighted by molar-refractivity contribution is 5.80. The van der Waals surface area contributed by atoms with E-state index in [1.54, 1.807) is 0 Å². The maximum Gasteiger partial charge on any atom is 0.309 e. The Bertz CT molecular complexity index is 854. The van der Waals surface area contributed by atoms with Gasteiger partial charge in [-0.1, -0.05) is 49.4 Å². The summed E-state index contributed by atoms with van der Waals surface area (Å²) in [6.45, 7) is 4.03. The number of benzene rings is 2. The molecular formula is C22H25NO3. The lowest BCUT2D eigenvalue weighted by Gasteiger charge is -2.12. The van der Waals surface area contributed by atoms with Crippen LogP contribution in [0.1, 0.15) is 29.7 Å². The van der Waals surface area contributed by atoms with Gasteiger partial charge in [-0.3, -0.25) is 4.79 Å². The topological polar surface area (TPSA) is 51.5 Å². The quantitative estimate of drug-likeness (QED) is 0.491. The van der Waals surface area contributed by atoms with Crippen LogP contribution in [0.4, 0.5) is 0 Å². The molecule has 1 atom stereocenters. The van der Waals surface area contributed by atoms with Crippen molar-refractivity contribution < 1.29 is 13.9 Å². The lowest BCUT2D eigenvalue weighted by atomic mass is 10.0. The first kappa shape index (κ1) is 18.2. The van der Waals surface area contributed by atoms with E-state index in [0.29, 0.717) is 5.92 Å². The summed E-state index contributed by atoms with van der Waals surface area (Å²) in [5, 5.41) is 4.56. The average molecular weight is 351 g/mol. The second kappa shape index (κ2) is 8.68. The Labute approximate surface area is 154 Å². The molecule has 2 aromatic carbocycles. The minimum absolute atomic E-state index is 0.243. The Morgan fingerprint density at radius 3 is 2.73 bits per heavy atom. The summed E-state index contributed by atoms with van der Waals surface area (Å²) < 4.78 is 10.6. The Balaban J connectivity index is 1.52. The minimum Gasteiger partial charge on any atom is -0.469 e. The second-order valence-corrected chi connectivity index (χ2v) is 6.60. The van der Waals surface area contributed by atoms with Crippen LogP contribution in [0.3, 0.4) is 0 Å². The van der Waals surface area contributed by atoms with Gasteiger partial charge >= 0.3 is 5.97 Å². The van der Waals surface area contributed by atoms with Gasteiger partial charge in [0.1, 0.15) is 11.3 Å². The number of hydrogen-bond acceptors (Lipinski definition) is 4. The minimum atomic E-state index is -0.243. The molecule has 1 aromatic heterocycles. The van der Waals surface area contributed by atoms with Crippen LogP contribution >= 0.6 is 0 Å². The maximum absolute atomic E-state index is 11.4. The number of carbonyl (C=O) groups is 1. The standard InChI is InChI=1S/C22H25NO3/c1-16(18-6-4-3-5-7-18)15-23-11-10-20-14-19-9-8-17(12-21(19)26-20)13-22(24)25-2/h3-9,12,14,16,23H,10-11,13,15H2,1-2H3. The monoisotopic (exact) mass is 351 g/mol. The van der Waals surface area contributed by atoms with Gasteiger partial charge in [0.05, 0.1) is 13.5 Å². The Kier molecular flexibility index (Phi) is 6.08. The molecule has 0 amide bonds. The molecule has 0 aliphatic heterocycles. The molecule has 1 heterocycles. The molecule has 0 fully saturated rings. The normalized spacial score (nSPS) is 12.2. The lowest BCUT2D eigenvalue weighted by molar-refractivity contribution is -0.139. The van der Waals surface area contributed by atoms with E-state index in [-0.39, 0.29) is 12.4 Å². The van der Waals surface area contributed by atoms with E-state index >= 15 is 0 Å². The number of rotatable bonds is 8. The van der Waals surface area contributed by atoms with Gasteiger partial charge in [0.2, 0.25) is 0 Å². The van der Waals surface area contributed by atoms with Crippen molar-refractivity contribution in [1.82, 2.24) is 5.32 Å². The van der Waals surface area contributed by atoms with Gasteiger partial charge in [-0.05, 0) is 29.2 Å². The fourth-order valence-corrected chi connectivity index (χ4v) is 3.03. The molecule has 1 N–H and O–H groups in total. The van der Waals surface area contributed by atoms with Gasteiger partial charge in [0, 0.05) is 24.9 Å². The highest BCUT2D eigenvalue weighted by Crippen LogP contribution is 2.21. The zero-order valence-corrected chi connectivity index (χ0v) is 15.3. The first-order chi connectivity index (χ1) is 12.7. The average Bonchev–Trinajstić information content (AvgIpc) is 3.07. The number of fused-ring (bicyclic) bond motifs is 1. The molecule has 0 radical (unpaired) electrons. The largest absolute Gasteiger partial charge is 0.469 e. The number of esters is 1. The summed E-state index contributed by atoms with van der Waals surface area (Å²) >= 11 is 0. The molecule has 3 aromatic rings. The van der Waals surface area contributed by atoms with Gasteiger partial charge in [-0.2, -0.15) is 0 Å². The molecule has 3 rings (SSSR count). The van der Waals surface area contributed by atoms with E-state index in [2.05, 4.69) is 42.6 Å². The second-order valence-electron chi connectivity index (χ2n) is 6.60. The van der Waals surface area contributed by atoms with Crippen molar-refractivity contribution in [2.24, 2.45) is 0 Å². The van der Waals surface area contributed by atoms with E-state index in [4.69, 9.17) is 9.15 Å². The van der Waals surface area contributed by atoms with E-state index < -0.39 is 0 Å². The van der Waals surface area contributed by atoms with Gasteiger partial charge in [0.15, 0.2) is 0 Å². The first-order valence-electron chi connectivity index (χ1n) is 8.99. The van der Waals surface area contributed by atoms with Crippen molar-refractivity contribution in [3.05, 3.63) is 71.5 Å². The number of methoxy groups -OCH3 is 1. The molecule has 1 unspecified atom stereocenters. The third-order valence-electron chi connectivity index (χ3n) is 4.58. The number of hydrogen-bond donors (Lipinski definition) is 1. The molecule has 0 aliphatic rings. The molecule has 0 saturated heterocycles. The predicted molar refractivity (Wildman–Crippen MR) is 103 cm³/mol. The van der Waals surface area contributed by atoms with Crippen LogP contribution in [0, 0.1) is 0 Å². The summed E-state index contributed by atoms with van der Waals surface area (Å²) in [5.74, 6) is 1.19. The zero-order chi connectivity index (χ0) is 18.4. The molecule has 0 aliphatic carbocycles. The van der Waals surface area contributed by atoms with Crippen LogP contribution in [0.25, 0.3) is 11.0 Å². The Hall–Kier alpha value is -2.59. The number of furan rings is 1. The Morgan fingerprint density at radius 2 is 1.96 bits per heavy atom. The van der Waals surface area contributed by atoms with Gasteiger partial charge in [-0.25, -0.2) is 0 Å². The van der Waals surface area contributed by atoms with Gasteiger partial charge in [-0.15, -0.1) is 0 Å². The SMILES string of the molecule is COC(=O)Cc1ccc2cc(CCNCC(C)c3ccccc3)oc2c1. The fraction of sp³-hybridized carbons (Fsp3) is 0.318. The van der Waals surface area contributed by atoms with Crippen molar-refractivity contribution >= 4 is 16.9 Å². The van der Waals surface area contributed by atoms with Crippen LogP contribution in [0.5, 0.6) is 0 Å². The lowest BCUT2D eigenvalue weighted by Crippen LogP contribution is -2.22. The summed E-state index contributed by atoms with van der Waals surface area (Å²) in [7, 11) is 1.40. The summed E-state index contributed by atoms with van der Waals surface area (Å²) in [5.41, 5.74) is 3.07. The first-order valence-corrected chi connectivity index (χ1v) is 8.99. The van der Waals surface area contributed by atoms with Crippen molar-refractivity contribution in [2.75, 3.05) is 20.2 Å². The molecule has 0 spiro atoms. The third kappa shape index (κ3) is 4.73. The molecule has 4 heteroatoms. The van der Waals surface area contributed by atoms with Crippen LogP contribution in [0.15, 0.2) is 59.0 Å². The molecule has 26 heavy (non-hydrogen) atoms. The van der Waals surface area contributed by atoms with Crippen molar-refractivity contribution in [1.29, 1.82) is 0 Å². The summed E-state index contributed by atoms with van der Waals surface area (Å²) in [6, 6.07) is 18.4. The van der Waals surface area contributed by atoms with E-state index in [1.165, 1.54) is 12.7 Å². The zero-order valence-electron chi connectivity index (χ0n) is 15.3. The Morgan fingerprint density at radius 1 is 1.15 bits per heavy atom. The number of ether oxygens (including phenoxy) is 1. The fourth-order valence-electron chi connectivity index (χ4n) is 3.03. The summed E-state index contributed by atoms with van der Waals surface area (Å²) in [4.78, 5) is 11.4. The molecule has 136 valence electrons. The highest BCUT2D eigenvalue weighted by atomic mass is 16.5. The van der Waals surface area contributed by atoms with Gasteiger partial charge < -0.3 is 14.5 Å². The van der Waals surface area contributed by atoms with Crippen LogP contribution in [-0.2, 0) is 22.4 Å². The van der Waals surface area contributed by atoms with Gasteiger partial charge in [0.25, 0.3) is 0 Å². The van der Waals surface area contributed by atoms with Crippen molar-refractivity contribution in [2.45, 2.75) is 25.7 Å². The van der Waals surface area contributed by atoms with Crippen LogP contribution in [-0.4, -0.2) is 26.2 Å². The van der Waals surface area contributed by atoms with Crippen LogP contribution in [0.2, 0.25) is 0 Å². The summed E-state index contributed by atoms with van der Waals surface area (Å²) in [6.07, 6.45) is 1.10. The number of carbonyl (C=O) groups excluding carboxylic acids is 1. The van der Waals surface area contributed by atoms with E-state index in [0.717, 1.165) is 41.8 Å². The van der Waals surface area contributed by atoms with Crippen molar-refractivity contribution in [3.8, 4) is 0 Å². The van der Waals surface area contributed by atoms with E-state index in [1.807, 2.05) is 24.3 Å². The van der Waals surface area contributed by atoms with Crippen LogP contribution < -0.4 is 5.32 Å². The molecule has 0 bridgehead atoms. The molecule has 4 nitrogen and oxygen atoms in total. The highest BCUT2D eigenvalue weighted by Gasteiger charge is 2.08. The van der Waals surface area contributed by atoms with E-state index in [9.17, 15) is 4.79 Å². The molecular weight excluding hydrogens is 326 g/mol. The molecule has 0 saturated carbocycles. The smallest absolute Gasteiger partial charge is 0.309 e. The predicted octanol–water partition coefficient (Wildman–Crippen LogP) is 4.08. The van der Waals surface area contributed by atoms with Crippen molar-refractivity contribution in [3.63, 3.8) is 0 Å². The third-order valence-corrected chi connectivity index (χ3v) is 4.58.